The largest absolute Gasteiger partial charge is 0.368 e. The molecule has 0 bridgehead atoms. The van der Waals surface area contributed by atoms with Crippen LogP contribution in [0.3, 0.4) is 0 Å². The smallest absolute Gasteiger partial charge is 0.227 e. The Bertz CT molecular complexity index is 852. The van der Waals surface area contributed by atoms with Crippen molar-refractivity contribution in [2.45, 2.75) is 20.3 Å². The van der Waals surface area contributed by atoms with E-state index >= 15 is 0 Å². The molecule has 6 nitrogen and oxygen atoms in total. The number of rotatable bonds is 5. The van der Waals surface area contributed by atoms with Gasteiger partial charge in [0.2, 0.25) is 11.8 Å². The van der Waals surface area contributed by atoms with Crippen LogP contribution >= 0.6 is 0 Å². The van der Waals surface area contributed by atoms with Crippen LogP contribution in [-0.2, 0) is 16.0 Å². The number of piperazine rings is 1. The highest BCUT2D eigenvalue weighted by Crippen LogP contribution is 2.18. The molecule has 1 heterocycles. The third-order valence-electron chi connectivity index (χ3n) is 4.90. The average Bonchev–Trinajstić information content (AvgIpc) is 2.69. The molecule has 2 amide bonds. The number of hydrogen-bond donors (Lipinski definition) is 1. The second kappa shape index (κ2) is 8.69. The van der Waals surface area contributed by atoms with Crippen molar-refractivity contribution in [3.8, 4) is 0 Å². The van der Waals surface area contributed by atoms with Crippen LogP contribution in [0.15, 0.2) is 48.5 Å². The Kier molecular flexibility index (Phi) is 6.09. The van der Waals surface area contributed by atoms with E-state index in [-0.39, 0.29) is 17.6 Å². The zero-order valence-electron chi connectivity index (χ0n) is 16.3. The van der Waals surface area contributed by atoms with Crippen LogP contribution < -0.4 is 10.2 Å². The maximum absolute atomic E-state index is 12.6. The predicted octanol–water partition coefficient (Wildman–Crippen LogP) is 2.74. The monoisotopic (exact) mass is 379 g/mol. The van der Waals surface area contributed by atoms with Crippen LogP contribution in [0.25, 0.3) is 0 Å². The summed E-state index contributed by atoms with van der Waals surface area (Å²) in [6, 6.07) is 15.0. The number of nitrogens with one attached hydrogen (secondary N) is 1. The van der Waals surface area contributed by atoms with Crippen LogP contribution in [0, 0.1) is 0 Å². The molecular formula is C22H25N3O3. The molecule has 1 N–H and O–H groups in total. The minimum atomic E-state index is -0.113. The molecule has 6 heteroatoms. The minimum absolute atomic E-state index is 0.0621. The van der Waals surface area contributed by atoms with Crippen LogP contribution in [0.5, 0.6) is 0 Å². The Morgan fingerprint density at radius 2 is 1.46 bits per heavy atom. The van der Waals surface area contributed by atoms with E-state index in [4.69, 9.17) is 0 Å². The second-order valence-corrected chi connectivity index (χ2v) is 7.03. The standard InChI is InChI=1S/C22H25N3O3/c1-16(26)19-5-9-21(10-6-19)24-11-13-25(14-12-24)22(28)15-18-3-7-20(8-4-18)23-17(2)27/h3-10H,11-15H2,1-2H3,(H,23,27). The van der Waals surface area contributed by atoms with Gasteiger partial charge in [0.1, 0.15) is 0 Å². The van der Waals surface area contributed by atoms with Gasteiger partial charge in [-0.1, -0.05) is 12.1 Å². The van der Waals surface area contributed by atoms with E-state index in [1.807, 2.05) is 53.4 Å². The highest BCUT2D eigenvalue weighted by molar-refractivity contribution is 5.94. The van der Waals surface area contributed by atoms with Crippen LogP contribution in [0.1, 0.15) is 29.8 Å². The number of Topliss-reactive ketones (excluding diaryl/α,β-unsaturated/α-hetero) is 1. The highest BCUT2D eigenvalue weighted by atomic mass is 16.2. The van der Waals surface area contributed by atoms with Crippen molar-refractivity contribution in [1.82, 2.24) is 4.90 Å². The van der Waals surface area contributed by atoms with Crippen LogP contribution in [-0.4, -0.2) is 48.7 Å². The summed E-state index contributed by atoms with van der Waals surface area (Å²) in [5.41, 5.74) is 3.45. The molecule has 1 saturated heterocycles. The molecule has 1 aliphatic heterocycles. The first-order chi connectivity index (χ1) is 13.4. The molecule has 1 aliphatic rings. The Balaban J connectivity index is 1.52. The van der Waals surface area contributed by atoms with Gasteiger partial charge in [-0.3, -0.25) is 14.4 Å². The fourth-order valence-electron chi connectivity index (χ4n) is 3.32. The van der Waals surface area contributed by atoms with Gasteiger partial charge in [-0.15, -0.1) is 0 Å². The SMILES string of the molecule is CC(=O)Nc1ccc(CC(=O)N2CCN(c3ccc(C(C)=O)cc3)CC2)cc1. The fraction of sp³-hybridized carbons (Fsp3) is 0.318. The molecule has 3 rings (SSSR count). The summed E-state index contributed by atoms with van der Waals surface area (Å²) in [6.07, 6.45) is 0.355. The summed E-state index contributed by atoms with van der Waals surface area (Å²) >= 11 is 0. The van der Waals surface area contributed by atoms with Crippen molar-refractivity contribution in [2.24, 2.45) is 0 Å². The summed E-state index contributed by atoms with van der Waals surface area (Å²) in [4.78, 5) is 39.2. The van der Waals surface area contributed by atoms with Crippen molar-refractivity contribution in [1.29, 1.82) is 0 Å². The number of carbonyl (C=O) groups is 3. The minimum Gasteiger partial charge on any atom is -0.368 e. The summed E-state index contributed by atoms with van der Waals surface area (Å²) in [7, 11) is 0. The van der Waals surface area contributed by atoms with Gasteiger partial charge in [0, 0.05) is 50.0 Å². The van der Waals surface area contributed by atoms with Gasteiger partial charge in [-0.2, -0.15) is 0 Å². The van der Waals surface area contributed by atoms with Crippen molar-refractivity contribution in [2.75, 3.05) is 36.4 Å². The average molecular weight is 379 g/mol. The van der Waals surface area contributed by atoms with Gasteiger partial charge in [-0.25, -0.2) is 0 Å². The van der Waals surface area contributed by atoms with E-state index in [9.17, 15) is 14.4 Å². The first-order valence-corrected chi connectivity index (χ1v) is 9.42. The topological polar surface area (TPSA) is 69.7 Å². The molecule has 0 aromatic heterocycles. The van der Waals surface area contributed by atoms with Gasteiger partial charge in [0.25, 0.3) is 0 Å². The number of hydrogen-bond acceptors (Lipinski definition) is 4. The van der Waals surface area contributed by atoms with E-state index in [2.05, 4.69) is 10.2 Å². The lowest BCUT2D eigenvalue weighted by molar-refractivity contribution is -0.130. The second-order valence-electron chi connectivity index (χ2n) is 7.03. The number of nitrogens with zero attached hydrogens (tertiary/aromatic N) is 2. The molecule has 0 atom stereocenters. The van der Waals surface area contributed by atoms with Crippen molar-refractivity contribution < 1.29 is 14.4 Å². The Labute approximate surface area is 165 Å². The molecule has 0 radical (unpaired) electrons. The molecule has 146 valence electrons. The molecule has 0 spiro atoms. The van der Waals surface area contributed by atoms with Crippen molar-refractivity contribution >= 4 is 29.0 Å². The summed E-state index contributed by atoms with van der Waals surface area (Å²) in [5, 5.41) is 2.72. The predicted molar refractivity (Wildman–Crippen MR) is 110 cm³/mol. The summed E-state index contributed by atoms with van der Waals surface area (Å²) in [5.74, 6) is 0.0589. The Morgan fingerprint density at radius 1 is 0.857 bits per heavy atom. The Hall–Kier alpha value is -3.15. The molecule has 2 aromatic carbocycles. The zero-order chi connectivity index (χ0) is 20.1. The van der Waals surface area contributed by atoms with E-state index in [0.29, 0.717) is 25.1 Å². The maximum Gasteiger partial charge on any atom is 0.227 e. The molecule has 0 aliphatic carbocycles. The van der Waals surface area contributed by atoms with E-state index in [1.54, 1.807) is 6.92 Å². The summed E-state index contributed by atoms with van der Waals surface area (Å²) in [6.45, 7) is 5.93. The quantitative estimate of drug-likeness (QED) is 0.811. The number of benzene rings is 2. The molecule has 2 aromatic rings. The first kappa shape index (κ1) is 19.6. The van der Waals surface area contributed by atoms with E-state index < -0.39 is 0 Å². The third-order valence-corrected chi connectivity index (χ3v) is 4.90. The fourth-order valence-corrected chi connectivity index (χ4v) is 3.32. The number of amides is 2. The van der Waals surface area contributed by atoms with Crippen LogP contribution in [0.2, 0.25) is 0 Å². The number of anilines is 2. The molecule has 0 saturated carbocycles. The number of ketones is 1. The molecular weight excluding hydrogens is 354 g/mol. The summed E-state index contributed by atoms with van der Waals surface area (Å²) < 4.78 is 0. The van der Waals surface area contributed by atoms with Crippen LogP contribution in [0.4, 0.5) is 11.4 Å². The normalized spacial score (nSPS) is 13.9. The maximum atomic E-state index is 12.6. The van der Waals surface area contributed by atoms with E-state index in [0.717, 1.165) is 30.0 Å². The highest BCUT2D eigenvalue weighted by Gasteiger charge is 2.21. The molecule has 28 heavy (non-hydrogen) atoms. The van der Waals surface area contributed by atoms with Gasteiger partial charge >= 0.3 is 0 Å². The van der Waals surface area contributed by atoms with Crippen molar-refractivity contribution in [3.63, 3.8) is 0 Å². The molecule has 0 unspecified atom stereocenters. The van der Waals surface area contributed by atoms with Gasteiger partial charge in [0.15, 0.2) is 5.78 Å². The first-order valence-electron chi connectivity index (χ1n) is 9.42. The Morgan fingerprint density at radius 3 is 2.00 bits per heavy atom. The lowest BCUT2D eigenvalue weighted by Gasteiger charge is -2.36. The van der Waals surface area contributed by atoms with Gasteiger partial charge in [-0.05, 0) is 48.9 Å². The van der Waals surface area contributed by atoms with Crippen molar-refractivity contribution in [3.05, 3.63) is 59.7 Å². The lowest BCUT2D eigenvalue weighted by Crippen LogP contribution is -2.49. The zero-order valence-corrected chi connectivity index (χ0v) is 16.3. The molecule has 1 fully saturated rings. The van der Waals surface area contributed by atoms with E-state index in [1.165, 1.54) is 6.92 Å². The third kappa shape index (κ3) is 4.97. The lowest BCUT2D eigenvalue weighted by atomic mass is 10.1. The van der Waals surface area contributed by atoms with Gasteiger partial charge < -0.3 is 15.1 Å². The number of carbonyl (C=O) groups excluding carboxylic acids is 3. The van der Waals surface area contributed by atoms with Gasteiger partial charge in [0.05, 0.1) is 6.42 Å².